The van der Waals surface area contributed by atoms with Gasteiger partial charge in [-0.15, -0.1) is 0 Å². The lowest BCUT2D eigenvalue weighted by molar-refractivity contribution is 0.268. The molecule has 0 atom stereocenters. The Balaban J connectivity index is 1.91. The number of rotatable bonds is 6. The van der Waals surface area contributed by atoms with Crippen LogP contribution in [0.4, 0.5) is 0 Å². The number of hydrogen-bond donors (Lipinski definition) is 1. The molecule has 128 valence electrons. The minimum atomic E-state index is 0.424. The molecule has 0 unspecified atom stereocenters. The van der Waals surface area contributed by atoms with Crippen molar-refractivity contribution < 1.29 is 14.7 Å². The van der Waals surface area contributed by atoms with Gasteiger partial charge in [-0.25, -0.2) is 0 Å². The van der Waals surface area contributed by atoms with E-state index >= 15 is 0 Å². The second-order valence-corrected chi connectivity index (χ2v) is 6.29. The second kappa shape index (κ2) is 8.03. The van der Waals surface area contributed by atoms with Crippen LogP contribution in [0.3, 0.4) is 0 Å². The highest BCUT2D eigenvalue weighted by Crippen LogP contribution is 2.37. The predicted molar refractivity (Wildman–Crippen MR) is 103 cm³/mol. The Labute approximate surface area is 154 Å². The highest BCUT2D eigenvalue weighted by molar-refractivity contribution is 9.10. The van der Waals surface area contributed by atoms with Crippen molar-refractivity contribution in [2.45, 2.75) is 13.5 Å². The van der Waals surface area contributed by atoms with Gasteiger partial charge in [-0.2, -0.15) is 0 Å². The summed E-state index contributed by atoms with van der Waals surface area (Å²) in [4.78, 5) is 0. The van der Waals surface area contributed by atoms with Gasteiger partial charge in [-0.05, 0) is 51.3 Å². The van der Waals surface area contributed by atoms with Gasteiger partial charge in [0.25, 0.3) is 0 Å². The molecule has 0 heterocycles. The Morgan fingerprint density at radius 1 is 1.08 bits per heavy atom. The van der Waals surface area contributed by atoms with Crippen molar-refractivity contribution in [1.82, 2.24) is 0 Å². The van der Waals surface area contributed by atoms with E-state index in [1.54, 1.807) is 6.07 Å². The van der Waals surface area contributed by atoms with E-state index in [4.69, 9.17) is 14.7 Å². The minimum Gasteiger partial charge on any atom is -0.490 e. The molecule has 3 rings (SSSR count). The van der Waals surface area contributed by atoms with Crippen molar-refractivity contribution in [1.29, 1.82) is 0 Å². The van der Waals surface area contributed by atoms with Crippen LogP contribution in [0.15, 0.2) is 64.2 Å². The van der Waals surface area contributed by atoms with Crippen molar-refractivity contribution >= 4 is 32.9 Å². The molecule has 0 aliphatic rings. The standard InChI is InChI=1S/C20H18BrNO3/c1-2-24-19-11-14(12-22-23)10-18(21)20(19)25-13-16-8-5-7-15-6-3-4-9-17(15)16/h3-12,23H,2,13H2,1H3/b22-12-. The quantitative estimate of drug-likeness (QED) is 0.343. The summed E-state index contributed by atoms with van der Waals surface area (Å²) >= 11 is 3.51. The van der Waals surface area contributed by atoms with Gasteiger partial charge in [0.15, 0.2) is 11.5 Å². The third kappa shape index (κ3) is 3.94. The lowest BCUT2D eigenvalue weighted by Crippen LogP contribution is -2.02. The van der Waals surface area contributed by atoms with Crippen LogP contribution in [0.2, 0.25) is 0 Å². The number of nitrogens with zero attached hydrogens (tertiary/aromatic N) is 1. The van der Waals surface area contributed by atoms with Gasteiger partial charge in [-0.1, -0.05) is 47.6 Å². The fourth-order valence-corrected chi connectivity index (χ4v) is 3.27. The maximum atomic E-state index is 8.74. The molecule has 0 aromatic heterocycles. The van der Waals surface area contributed by atoms with E-state index in [0.717, 1.165) is 15.6 Å². The molecule has 0 saturated carbocycles. The zero-order valence-corrected chi connectivity index (χ0v) is 15.4. The molecule has 0 aliphatic carbocycles. The van der Waals surface area contributed by atoms with Gasteiger partial charge in [0, 0.05) is 5.56 Å². The normalized spacial score (nSPS) is 11.1. The number of ether oxygens (including phenoxy) is 2. The first kappa shape index (κ1) is 17.3. The highest BCUT2D eigenvalue weighted by Gasteiger charge is 2.13. The Hall–Kier alpha value is -2.53. The summed E-state index contributed by atoms with van der Waals surface area (Å²) < 4.78 is 12.5. The zero-order chi connectivity index (χ0) is 17.6. The van der Waals surface area contributed by atoms with Crippen molar-refractivity contribution in [3.05, 3.63) is 70.2 Å². The van der Waals surface area contributed by atoms with Gasteiger partial charge in [0.1, 0.15) is 6.61 Å². The molecular weight excluding hydrogens is 382 g/mol. The van der Waals surface area contributed by atoms with Crippen LogP contribution in [0.25, 0.3) is 10.8 Å². The topological polar surface area (TPSA) is 51.0 Å². The Bertz CT molecular complexity index is 903. The minimum absolute atomic E-state index is 0.424. The van der Waals surface area contributed by atoms with Crippen LogP contribution >= 0.6 is 15.9 Å². The summed E-state index contributed by atoms with van der Waals surface area (Å²) in [6, 6.07) is 18.0. The van der Waals surface area contributed by atoms with E-state index < -0.39 is 0 Å². The monoisotopic (exact) mass is 399 g/mol. The largest absolute Gasteiger partial charge is 0.490 e. The second-order valence-electron chi connectivity index (χ2n) is 5.43. The van der Waals surface area contributed by atoms with E-state index in [-0.39, 0.29) is 0 Å². The van der Waals surface area contributed by atoms with Crippen molar-refractivity contribution in [2.24, 2.45) is 5.16 Å². The molecule has 0 fully saturated rings. The van der Waals surface area contributed by atoms with Gasteiger partial charge in [-0.3, -0.25) is 0 Å². The lowest BCUT2D eigenvalue weighted by Gasteiger charge is -2.15. The van der Waals surface area contributed by atoms with E-state index in [2.05, 4.69) is 45.4 Å². The molecule has 0 amide bonds. The maximum Gasteiger partial charge on any atom is 0.175 e. The summed E-state index contributed by atoms with van der Waals surface area (Å²) in [6.07, 6.45) is 1.35. The van der Waals surface area contributed by atoms with E-state index in [9.17, 15) is 0 Å². The third-order valence-electron chi connectivity index (χ3n) is 3.79. The Morgan fingerprint density at radius 2 is 1.88 bits per heavy atom. The van der Waals surface area contributed by atoms with Crippen LogP contribution in [0.1, 0.15) is 18.1 Å². The molecule has 5 heteroatoms. The molecule has 25 heavy (non-hydrogen) atoms. The smallest absolute Gasteiger partial charge is 0.175 e. The molecule has 4 nitrogen and oxygen atoms in total. The zero-order valence-electron chi connectivity index (χ0n) is 13.8. The summed E-state index contributed by atoms with van der Waals surface area (Å²) in [5.41, 5.74) is 1.82. The Morgan fingerprint density at radius 3 is 2.68 bits per heavy atom. The molecule has 0 aliphatic heterocycles. The first-order valence-corrected chi connectivity index (χ1v) is 8.75. The summed E-state index contributed by atoms with van der Waals surface area (Å²) in [6.45, 7) is 2.85. The molecule has 3 aromatic rings. The van der Waals surface area contributed by atoms with Crippen LogP contribution in [0.5, 0.6) is 11.5 Å². The van der Waals surface area contributed by atoms with Gasteiger partial charge in [0.2, 0.25) is 0 Å². The molecule has 0 bridgehead atoms. The number of benzene rings is 3. The summed E-state index contributed by atoms with van der Waals surface area (Å²) in [5, 5.41) is 14.2. The fourth-order valence-electron chi connectivity index (χ4n) is 2.70. The van der Waals surface area contributed by atoms with Crippen LogP contribution in [-0.4, -0.2) is 18.0 Å². The molecule has 0 radical (unpaired) electrons. The van der Waals surface area contributed by atoms with E-state index in [0.29, 0.717) is 24.7 Å². The van der Waals surface area contributed by atoms with Gasteiger partial charge >= 0.3 is 0 Å². The molecule has 1 N–H and O–H groups in total. The first-order chi connectivity index (χ1) is 12.2. The molecule has 3 aromatic carbocycles. The SMILES string of the molecule is CCOc1cc(/C=N\O)cc(Br)c1OCc1cccc2ccccc12. The van der Waals surface area contributed by atoms with Crippen LogP contribution in [0, 0.1) is 0 Å². The predicted octanol–water partition coefficient (Wildman–Crippen LogP) is 5.39. The average molecular weight is 400 g/mol. The summed E-state index contributed by atoms with van der Waals surface area (Å²) in [7, 11) is 0. The fraction of sp³-hybridized carbons (Fsp3) is 0.150. The number of hydrogen-bond acceptors (Lipinski definition) is 4. The van der Waals surface area contributed by atoms with Crippen molar-refractivity contribution in [3.63, 3.8) is 0 Å². The van der Waals surface area contributed by atoms with Gasteiger partial charge in [0.05, 0.1) is 17.3 Å². The van der Waals surface area contributed by atoms with Crippen molar-refractivity contribution in [3.8, 4) is 11.5 Å². The van der Waals surface area contributed by atoms with Gasteiger partial charge < -0.3 is 14.7 Å². The molecule has 0 saturated heterocycles. The number of oxime groups is 1. The number of halogens is 1. The van der Waals surface area contributed by atoms with E-state index in [1.807, 2.05) is 31.2 Å². The number of fused-ring (bicyclic) bond motifs is 1. The lowest BCUT2D eigenvalue weighted by atomic mass is 10.1. The molecule has 0 spiro atoms. The van der Waals surface area contributed by atoms with Crippen molar-refractivity contribution in [2.75, 3.05) is 6.61 Å². The molecular formula is C20H18BrNO3. The average Bonchev–Trinajstić information content (AvgIpc) is 2.61. The maximum absolute atomic E-state index is 8.74. The summed E-state index contributed by atoms with van der Waals surface area (Å²) in [5.74, 6) is 1.23. The van der Waals surface area contributed by atoms with E-state index in [1.165, 1.54) is 17.0 Å². The first-order valence-electron chi connectivity index (χ1n) is 7.96. The Kier molecular flexibility index (Phi) is 5.56. The highest BCUT2D eigenvalue weighted by atomic mass is 79.9. The van der Waals surface area contributed by atoms with Crippen LogP contribution < -0.4 is 9.47 Å². The van der Waals surface area contributed by atoms with Crippen LogP contribution in [-0.2, 0) is 6.61 Å². The third-order valence-corrected chi connectivity index (χ3v) is 4.38.